The standard InChI is InChI=1S/C18H31NS/c1-7-10-19-18(12-20-16(6)13(2)3)17-9-8-14(4)11-15(17)5/h8-9,11,13,16,18-19H,7,10,12H2,1-6H3. The van der Waals surface area contributed by atoms with E-state index in [0.717, 1.165) is 18.2 Å². The molecule has 0 heterocycles. The molecule has 0 aliphatic heterocycles. The van der Waals surface area contributed by atoms with E-state index in [-0.39, 0.29) is 0 Å². The quantitative estimate of drug-likeness (QED) is 0.714. The van der Waals surface area contributed by atoms with E-state index in [0.29, 0.717) is 11.3 Å². The fourth-order valence-corrected chi connectivity index (χ4v) is 3.41. The van der Waals surface area contributed by atoms with Gasteiger partial charge in [-0.2, -0.15) is 11.8 Å². The van der Waals surface area contributed by atoms with E-state index in [1.54, 1.807) is 0 Å². The fraction of sp³-hybridized carbons (Fsp3) is 0.667. The molecule has 0 aliphatic carbocycles. The summed E-state index contributed by atoms with van der Waals surface area (Å²) in [5.41, 5.74) is 4.23. The maximum absolute atomic E-state index is 3.72. The molecule has 2 unspecified atom stereocenters. The van der Waals surface area contributed by atoms with Crippen molar-refractivity contribution in [2.45, 2.75) is 59.3 Å². The maximum atomic E-state index is 3.72. The van der Waals surface area contributed by atoms with E-state index in [9.17, 15) is 0 Å². The Hall–Kier alpha value is -0.470. The first-order chi connectivity index (χ1) is 9.45. The summed E-state index contributed by atoms with van der Waals surface area (Å²) in [6.45, 7) is 14.7. The lowest BCUT2D eigenvalue weighted by Crippen LogP contribution is -2.26. The van der Waals surface area contributed by atoms with Gasteiger partial charge in [-0.05, 0) is 43.9 Å². The topological polar surface area (TPSA) is 12.0 Å². The highest BCUT2D eigenvalue weighted by molar-refractivity contribution is 7.99. The van der Waals surface area contributed by atoms with Crippen LogP contribution in [0.15, 0.2) is 18.2 Å². The SMILES string of the molecule is CCCNC(CSC(C)C(C)C)c1ccc(C)cc1C. The molecule has 0 spiro atoms. The maximum Gasteiger partial charge on any atom is 0.0414 e. The minimum atomic E-state index is 0.474. The Morgan fingerprint density at radius 3 is 2.40 bits per heavy atom. The summed E-state index contributed by atoms with van der Waals surface area (Å²) in [5, 5.41) is 4.43. The predicted octanol–water partition coefficient (Wildman–Crippen LogP) is 5.12. The molecule has 1 aromatic rings. The lowest BCUT2D eigenvalue weighted by atomic mass is 10.00. The highest BCUT2D eigenvalue weighted by Crippen LogP contribution is 2.27. The van der Waals surface area contributed by atoms with Crippen LogP contribution in [0.5, 0.6) is 0 Å². The lowest BCUT2D eigenvalue weighted by Gasteiger charge is -2.24. The molecule has 0 saturated carbocycles. The molecule has 20 heavy (non-hydrogen) atoms. The Balaban J connectivity index is 2.77. The zero-order valence-electron chi connectivity index (χ0n) is 14.0. The van der Waals surface area contributed by atoms with Crippen LogP contribution in [-0.4, -0.2) is 17.5 Å². The average Bonchev–Trinajstić information content (AvgIpc) is 2.39. The first-order valence-electron chi connectivity index (χ1n) is 7.87. The van der Waals surface area contributed by atoms with Gasteiger partial charge in [0.05, 0.1) is 0 Å². The van der Waals surface area contributed by atoms with Crippen LogP contribution in [0.3, 0.4) is 0 Å². The van der Waals surface area contributed by atoms with Crippen molar-refractivity contribution in [1.29, 1.82) is 0 Å². The zero-order valence-corrected chi connectivity index (χ0v) is 14.8. The number of hydrogen-bond donors (Lipinski definition) is 1. The van der Waals surface area contributed by atoms with Crippen molar-refractivity contribution in [2.75, 3.05) is 12.3 Å². The van der Waals surface area contributed by atoms with Gasteiger partial charge in [-0.1, -0.05) is 51.5 Å². The smallest absolute Gasteiger partial charge is 0.0414 e. The van der Waals surface area contributed by atoms with Crippen LogP contribution < -0.4 is 5.32 Å². The van der Waals surface area contributed by atoms with Gasteiger partial charge in [0.1, 0.15) is 0 Å². The minimum absolute atomic E-state index is 0.474. The summed E-state index contributed by atoms with van der Waals surface area (Å²) in [6.07, 6.45) is 1.19. The Morgan fingerprint density at radius 1 is 1.15 bits per heavy atom. The lowest BCUT2D eigenvalue weighted by molar-refractivity contribution is 0.571. The molecule has 0 aliphatic rings. The van der Waals surface area contributed by atoms with Gasteiger partial charge < -0.3 is 5.32 Å². The van der Waals surface area contributed by atoms with Crippen molar-refractivity contribution < 1.29 is 0 Å². The molecule has 0 aromatic heterocycles. The first-order valence-corrected chi connectivity index (χ1v) is 8.92. The summed E-state index contributed by atoms with van der Waals surface area (Å²) < 4.78 is 0. The monoisotopic (exact) mass is 293 g/mol. The summed E-state index contributed by atoms with van der Waals surface area (Å²) >= 11 is 2.09. The Kier molecular flexibility index (Phi) is 7.68. The molecule has 1 N–H and O–H groups in total. The van der Waals surface area contributed by atoms with Crippen LogP contribution in [0.2, 0.25) is 0 Å². The number of nitrogens with one attached hydrogen (secondary N) is 1. The second-order valence-corrected chi connectivity index (χ2v) is 7.56. The largest absolute Gasteiger partial charge is 0.309 e. The molecule has 1 aromatic carbocycles. The Labute approximate surface area is 129 Å². The molecular weight excluding hydrogens is 262 g/mol. The number of hydrogen-bond acceptors (Lipinski definition) is 2. The van der Waals surface area contributed by atoms with Crippen LogP contribution in [0.25, 0.3) is 0 Å². The van der Waals surface area contributed by atoms with Crippen LogP contribution in [0.4, 0.5) is 0 Å². The van der Waals surface area contributed by atoms with E-state index < -0.39 is 0 Å². The normalized spacial score (nSPS) is 14.6. The van der Waals surface area contributed by atoms with E-state index in [4.69, 9.17) is 0 Å². The molecule has 2 heteroatoms. The Morgan fingerprint density at radius 2 is 1.85 bits per heavy atom. The third-order valence-corrected chi connectivity index (χ3v) is 5.50. The van der Waals surface area contributed by atoms with Gasteiger partial charge in [0.2, 0.25) is 0 Å². The molecule has 1 rings (SSSR count). The fourth-order valence-electron chi connectivity index (χ4n) is 2.23. The van der Waals surface area contributed by atoms with Crippen molar-refractivity contribution in [3.8, 4) is 0 Å². The predicted molar refractivity (Wildman–Crippen MR) is 93.7 cm³/mol. The van der Waals surface area contributed by atoms with E-state index >= 15 is 0 Å². The third-order valence-electron chi connectivity index (χ3n) is 3.91. The van der Waals surface area contributed by atoms with Crippen molar-refractivity contribution in [1.82, 2.24) is 5.32 Å². The summed E-state index contributed by atoms with van der Waals surface area (Å²) in [7, 11) is 0. The molecule has 0 amide bonds. The van der Waals surface area contributed by atoms with E-state index in [1.165, 1.54) is 23.1 Å². The molecule has 2 atom stereocenters. The highest BCUT2D eigenvalue weighted by atomic mass is 32.2. The summed E-state index contributed by atoms with van der Waals surface area (Å²) in [4.78, 5) is 0. The van der Waals surface area contributed by atoms with Gasteiger partial charge in [0.15, 0.2) is 0 Å². The molecule has 0 fully saturated rings. The second-order valence-electron chi connectivity index (χ2n) is 6.15. The average molecular weight is 294 g/mol. The second kappa shape index (κ2) is 8.74. The van der Waals surface area contributed by atoms with Gasteiger partial charge in [-0.15, -0.1) is 0 Å². The van der Waals surface area contributed by atoms with Gasteiger partial charge in [-0.25, -0.2) is 0 Å². The molecular formula is C18H31NS. The van der Waals surface area contributed by atoms with Gasteiger partial charge >= 0.3 is 0 Å². The molecule has 1 nitrogen and oxygen atoms in total. The van der Waals surface area contributed by atoms with Crippen molar-refractivity contribution in [3.05, 3.63) is 34.9 Å². The number of rotatable bonds is 8. The van der Waals surface area contributed by atoms with Gasteiger partial charge in [0.25, 0.3) is 0 Å². The van der Waals surface area contributed by atoms with Crippen molar-refractivity contribution in [3.63, 3.8) is 0 Å². The van der Waals surface area contributed by atoms with Gasteiger partial charge in [-0.3, -0.25) is 0 Å². The van der Waals surface area contributed by atoms with Gasteiger partial charge in [0, 0.05) is 17.0 Å². The molecule has 0 saturated heterocycles. The molecule has 114 valence electrons. The molecule has 0 bridgehead atoms. The minimum Gasteiger partial charge on any atom is -0.309 e. The first kappa shape index (κ1) is 17.6. The Bertz CT molecular complexity index is 400. The van der Waals surface area contributed by atoms with Crippen LogP contribution >= 0.6 is 11.8 Å². The summed E-state index contributed by atoms with van der Waals surface area (Å²) in [5.74, 6) is 1.90. The van der Waals surface area contributed by atoms with Crippen LogP contribution in [0.1, 0.15) is 56.8 Å². The van der Waals surface area contributed by atoms with Crippen LogP contribution in [0, 0.1) is 19.8 Å². The van der Waals surface area contributed by atoms with Crippen molar-refractivity contribution >= 4 is 11.8 Å². The highest BCUT2D eigenvalue weighted by Gasteiger charge is 2.16. The number of benzene rings is 1. The zero-order chi connectivity index (χ0) is 15.1. The third kappa shape index (κ3) is 5.49. The van der Waals surface area contributed by atoms with Crippen molar-refractivity contribution in [2.24, 2.45) is 5.92 Å². The summed E-state index contributed by atoms with van der Waals surface area (Å²) in [6, 6.07) is 7.31. The number of aryl methyl sites for hydroxylation is 2. The van der Waals surface area contributed by atoms with E-state index in [1.807, 2.05) is 0 Å². The number of thioether (sulfide) groups is 1. The van der Waals surface area contributed by atoms with E-state index in [2.05, 4.69) is 76.8 Å². The van der Waals surface area contributed by atoms with Crippen LogP contribution in [-0.2, 0) is 0 Å². The molecule has 0 radical (unpaired) electrons.